The second kappa shape index (κ2) is 5.49. The molecule has 0 aromatic heterocycles. The van der Waals surface area contributed by atoms with Crippen molar-refractivity contribution in [2.24, 2.45) is 0 Å². The Kier molecular flexibility index (Phi) is 7.68. The van der Waals surface area contributed by atoms with E-state index < -0.39 is 33.6 Å². The molecule has 0 atom stereocenters. The van der Waals surface area contributed by atoms with E-state index in [1.165, 1.54) is 0 Å². The van der Waals surface area contributed by atoms with Crippen LogP contribution in [0.1, 0.15) is 0 Å². The molecule has 0 aromatic rings. The summed E-state index contributed by atoms with van der Waals surface area (Å²) < 4.78 is 48.7. The van der Waals surface area contributed by atoms with E-state index in [4.69, 9.17) is 23.1 Å². The molecule has 0 saturated heterocycles. The van der Waals surface area contributed by atoms with E-state index in [0.29, 0.717) is 0 Å². The summed E-state index contributed by atoms with van der Waals surface area (Å²) in [5, 5.41) is 0. The van der Waals surface area contributed by atoms with Crippen LogP contribution in [0.3, 0.4) is 0 Å². The number of hydrogen-bond donors (Lipinski definition) is 2. The number of hydrogen-bond acceptors (Lipinski definition) is 4. The fraction of sp³-hybridized carbons (Fsp3) is 0. The fourth-order valence-corrected chi connectivity index (χ4v) is 0. The standard InChI is InChI=1S/H2O4S.2O.Zr/c1-5(2,3)4;;;/h(H2,1,2,3,4);;;. The molecule has 0 fully saturated rings. The Morgan fingerprint density at radius 1 is 1.12 bits per heavy atom. The molecule has 0 aliphatic heterocycles. The van der Waals surface area contributed by atoms with Gasteiger partial charge in [0.25, 0.3) is 0 Å². The Labute approximate surface area is 56.9 Å². The molecule has 0 aliphatic carbocycles. The van der Waals surface area contributed by atoms with Crippen LogP contribution >= 0.6 is 0 Å². The van der Waals surface area contributed by atoms with Crippen molar-refractivity contribution in [3.8, 4) is 0 Å². The Balaban J connectivity index is 0. The van der Waals surface area contributed by atoms with Crippen molar-refractivity contribution in [2.75, 3.05) is 0 Å². The third kappa shape index (κ3) is 1460. The first kappa shape index (κ1) is 11.2. The molecule has 0 heterocycles. The minimum absolute atomic E-state index is 2.27. The zero-order valence-electron chi connectivity index (χ0n) is 3.44. The van der Waals surface area contributed by atoms with Gasteiger partial charge in [-0.05, 0) is 0 Å². The first-order chi connectivity index (χ1) is 3.41. The molecule has 6 nitrogen and oxygen atoms in total. The minimum atomic E-state index is -4.67. The maximum atomic E-state index is 8.74. The zero-order valence-corrected chi connectivity index (χ0v) is 6.71. The van der Waals surface area contributed by atoms with Crippen LogP contribution in [-0.2, 0) is 39.3 Å². The van der Waals surface area contributed by atoms with Gasteiger partial charge in [0.15, 0.2) is 0 Å². The van der Waals surface area contributed by atoms with Crippen molar-refractivity contribution in [2.45, 2.75) is 0 Å². The topological polar surface area (TPSA) is 109 Å². The van der Waals surface area contributed by atoms with Gasteiger partial charge in [-0.15, -0.1) is 0 Å². The summed E-state index contributed by atoms with van der Waals surface area (Å²) in [5.41, 5.74) is 0. The van der Waals surface area contributed by atoms with Crippen molar-refractivity contribution in [3.05, 3.63) is 0 Å². The van der Waals surface area contributed by atoms with E-state index in [-0.39, 0.29) is 0 Å². The molecular formula is H2O6SZr. The summed E-state index contributed by atoms with van der Waals surface area (Å²) in [4.78, 5) is 0. The monoisotopic (exact) mass is 220 g/mol. The van der Waals surface area contributed by atoms with Gasteiger partial charge in [0.1, 0.15) is 0 Å². The van der Waals surface area contributed by atoms with Gasteiger partial charge < -0.3 is 0 Å². The average Bonchev–Trinajstić information content (AvgIpc) is 1.27. The van der Waals surface area contributed by atoms with Crippen LogP contribution in [0.4, 0.5) is 0 Å². The third-order valence-corrected chi connectivity index (χ3v) is 0. The van der Waals surface area contributed by atoms with Gasteiger partial charge in [0.2, 0.25) is 0 Å². The van der Waals surface area contributed by atoms with Crippen LogP contribution in [0.5, 0.6) is 0 Å². The van der Waals surface area contributed by atoms with Gasteiger partial charge in [-0.25, -0.2) is 0 Å². The predicted molar refractivity (Wildman–Crippen MR) is 15.6 cm³/mol. The van der Waals surface area contributed by atoms with E-state index >= 15 is 0 Å². The summed E-state index contributed by atoms with van der Waals surface area (Å²) in [6.07, 6.45) is 0. The molecule has 48 valence electrons. The molecular weight excluding hydrogens is 219 g/mol. The van der Waals surface area contributed by atoms with E-state index in [0.717, 1.165) is 0 Å². The van der Waals surface area contributed by atoms with Gasteiger partial charge in [0, 0.05) is 0 Å². The average molecular weight is 221 g/mol. The third-order valence-electron chi connectivity index (χ3n) is 0. The van der Waals surface area contributed by atoms with E-state index in [9.17, 15) is 0 Å². The van der Waals surface area contributed by atoms with E-state index in [2.05, 4.69) is 0 Å². The predicted octanol–water partition coefficient (Wildman–Crippen LogP) is -0.893. The normalized spacial score (nSPS) is 8.25. The van der Waals surface area contributed by atoms with Crippen molar-refractivity contribution in [1.29, 1.82) is 0 Å². The van der Waals surface area contributed by atoms with Gasteiger partial charge in [-0.3, -0.25) is 9.11 Å². The van der Waals surface area contributed by atoms with E-state index in [1.54, 1.807) is 0 Å². The Morgan fingerprint density at radius 2 is 1.12 bits per heavy atom. The van der Waals surface area contributed by atoms with Gasteiger partial charge in [-0.2, -0.15) is 8.42 Å². The van der Waals surface area contributed by atoms with Crippen LogP contribution in [0.25, 0.3) is 0 Å². The second-order valence-electron chi connectivity index (χ2n) is 0.531. The molecule has 0 rings (SSSR count). The molecule has 0 saturated carbocycles. The summed E-state index contributed by atoms with van der Waals surface area (Å²) in [7, 11) is -4.67. The van der Waals surface area contributed by atoms with Crippen molar-refractivity contribution in [3.63, 3.8) is 0 Å². The van der Waals surface area contributed by atoms with Crippen LogP contribution in [0.15, 0.2) is 0 Å². The molecule has 0 aliphatic rings. The van der Waals surface area contributed by atoms with Crippen LogP contribution in [0, 0.1) is 0 Å². The van der Waals surface area contributed by atoms with E-state index in [1.807, 2.05) is 0 Å². The molecule has 8 heavy (non-hydrogen) atoms. The summed E-state index contributed by atoms with van der Waals surface area (Å²) in [5.74, 6) is 0. The molecule has 0 unspecified atom stereocenters. The molecule has 0 bridgehead atoms. The molecule has 2 N–H and O–H groups in total. The second-order valence-corrected chi connectivity index (χ2v) is 1.84. The Bertz CT molecular complexity index is 149. The summed E-state index contributed by atoms with van der Waals surface area (Å²) >= 11 is -2.27. The van der Waals surface area contributed by atoms with Crippen LogP contribution in [-0.4, -0.2) is 17.5 Å². The first-order valence-electron chi connectivity index (χ1n) is 1.11. The fourth-order valence-electron chi connectivity index (χ4n) is 0. The van der Waals surface area contributed by atoms with Crippen molar-refractivity contribution >= 4 is 10.4 Å². The van der Waals surface area contributed by atoms with Gasteiger partial charge in [0.05, 0.1) is 0 Å². The van der Waals surface area contributed by atoms with Crippen molar-refractivity contribution < 1.29 is 46.4 Å². The summed E-state index contributed by atoms with van der Waals surface area (Å²) in [6, 6.07) is 0. The quantitative estimate of drug-likeness (QED) is 0.513. The Hall–Kier alpha value is 0.353. The van der Waals surface area contributed by atoms with Gasteiger partial charge in [-0.1, -0.05) is 0 Å². The first-order valence-corrected chi connectivity index (χ1v) is 4.51. The van der Waals surface area contributed by atoms with Crippen molar-refractivity contribution in [1.82, 2.24) is 0 Å². The molecule has 0 amide bonds. The zero-order chi connectivity index (χ0) is 7.21. The molecule has 0 spiro atoms. The summed E-state index contributed by atoms with van der Waals surface area (Å²) in [6.45, 7) is 0. The van der Waals surface area contributed by atoms with Gasteiger partial charge >= 0.3 is 39.3 Å². The maximum absolute atomic E-state index is 8.74. The molecule has 0 radical (unpaired) electrons. The molecule has 0 aromatic carbocycles. The SMILES string of the molecule is O=S(=O)(O)O.[O]=[Zr]=[O]. The molecule has 8 heteroatoms. The van der Waals surface area contributed by atoms with Crippen LogP contribution < -0.4 is 0 Å². The number of rotatable bonds is 0. The van der Waals surface area contributed by atoms with Crippen LogP contribution in [0.2, 0.25) is 0 Å². The Morgan fingerprint density at radius 3 is 1.12 bits per heavy atom.